The van der Waals surface area contributed by atoms with Gasteiger partial charge in [0.15, 0.2) is 0 Å². The molecule has 5 nitrogen and oxygen atoms in total. The third kappa shape index (κ3) is 4.20. The molecule has 2 fully saturated rings. The molecular formula is C19H29N3O2. The smallest absolute Gasteiger partial charge is 0.317 e. The highest BCUT2D eigenvalue weighted by molar-refractivity contribution is 5.74. The molecule has 0 saturated carbocycles. The van der Waals surface area contributed by atoms with Crippen LogP contribution in [-0.4, -0.2) is 50.8 Å². The first-order valence-corrected chi connectivity index (χ1v) is 9.08. The standard InChI is InChI=1S/C19H29N3O2/c1-15(20-19(23)21(2)13-16-8-11-24-14-16)17-6-5-7-18(12-17)22-9-3-4-10-22/h5-7,12,15-16H,3-4,8-11,13-14H2,1-2H3,(H,20,23)/t15-,16-/m0/s1. The average molecular weight is 331 g/mol. The molecule has 2 atom stereocenters. The monoisotopic (exact) mass is 331 g/mol. The van der Waals surface area contributed by atoms with Gasteiger partial charge in [0.25, 0.3) is 0 Å². The first-order chi connectivity index (χ1) is 11.6. The van der Waals surface area contributed by atoms with E-state index in [4.69, 9.17) is 4.74 Å². The number of hydrogen-bond acceptors (Lipinski definition) is 3. The van der Waals surface area contributed by atoms with Crippen molar-refractivity contribution >= 4 is 11.7 Å². The minimum atomic E-state index is -0.0130. The SMILES string of the molecule is C[C@H](NC(=O)N(C)C[C@@H]1CCOC1)c1cccc(N2CCCC2)c1. The summed E-state index contributed by atoms with van der Waals surface area (Å²) in [7, 11) is 1.86. The number of ether oxygens (including phenoxy) is 1. The molecule has 0 unspecified atom stereocenters. The van der Waals surface area contributed by atoms with Gasteiger partial charge in [0, 0.05) is 44.9 Å². The van der Waals surface area contributed by atoms with Crippen LogP contribution >= 0.6 is 0 Å². The zero-order valence-electron chi connectivity index (χ0n) is 14.8. The first kappa shape index (κ1) is 17.1. The van der Waals surface area contributed by atoms with Gasteiger partial charge < -0.3 is 19.9 Å². The van der Waals surface area contributed by atoms with Crippen molar-refractivity contribution in [3.8, 4) is 0 Å². The summed E-state index contributed by atoms with van der Waals surface area (Å²) in [5.74, 6) is 0.467. The number of benzene rings is 1. The van der Waals surface area contributed by atoms with Crippen LogP contribution in [0.5, 0.6) is 0 Å². The molecular weight excluding hydrogens is 302 g/mol. The Morgan fingerprint density at radius 2 is 2.21 bits per heavy atom. The Labute approximate surface area is 145 Å². The van der Waals surface area contributed by atoms with Crippen LogP contribution in [0, 0.1) is 5.92 Å². The third-order valence-electron chi connectivity index (χ3n) is 5.08. The zero-order chi connectivity index (χ0) is 16.9. The molecule has 0 spiro atoms. The van der Waals surface area contributed by atoms with E-state index in [0.717, 1.165) is 44.8 Å². The molecule has 24 heavy (non-hydrogen) atoms. The molecule has 2 aliphatic rings. The predicted molar refractivity (Wildman–Crippen MR) is 96.4 cm³/mol. The van der Waals surface area contributed by atoms with Gasteiger partial charge in [-0.25, -0.2) is 4.79 Å². The molecule has 2 aliphatic heterocycles. The van der Waals surface area contributed by atoms with Crippen molar-refractivity contribution in [3.05, 3.63) is 29.8 Å². The lowest BCUT2D eigenvalue weighted by atomic mass is 10.1. The Balaban J connectivity index is 1.56. The molecule has 1 aromatic rings. The van der Waals surface area contributed by atoms with Crippen LogP contribution < -0.4 is 10.2 Å². The van der Waals surface area contributed by atoms with E-state index in [1.54, 1.807) is 4.90 Å². The maximum Gasteiger partial charge on any atom is 0.317 e. The lowest BCUT2D eigenvalue weighted by molar-refractivity contribution is 0.170. The highest BCUT2D eigenvalue weighted by atomic mass is 16.5. The molecule has 0 bridgehead atoms. The molecule has 2 saturated heterocycles. The minimum Gasteiger partial charge on any atom is -0.381 e. The van der Waals surface area contributed by atoms with Crippen LogP contribution in [0.15, 0.2) is 24.3 Å². The lowest BCUT2D eigenvalue weighted by Crippen LogP contribution is -2.41. The van der Waals surface area contributed by atoms with Crippen molar-refractivity contribution < 1.29 is 9.53 Å². The van der Waals surface area contributed by atoms with Crippen LogP contribution in [0.25, 0.3) is 0 Å². The normalized spacial score (nSPS) is 21.8. The second-order valence-electron chi connectivity index (χ2n) is 7.07. The van der Waals surface area contributed by atoms with Gasteiger partial charge in [-0.3, -0.25) is 0 Å². The summed E-state index contributed by atoms with van der Waals surface area (Å²) in [4.78, 5) is 16.6. The van der Waals surface area contributed by atoms with Crippen LogP contribution in [0.1, 0.15) is 37.8 Å². The molecule has 1 aromatic carbocycles. The van der Waals surface area contributed by atoms with Gasteiger partial charge in [0.1, 0.15) is 0 Å². The van der Waals surface area contributed by atoms with E-state index in [1.165, 1.54) is 18.5 Å². The van der Waals surface area contributed by atoms with Crippen LogP contribution in [0.2, 0.25) is 0 Å². The summed E-state index contributed by atoms with van der Waals surface area (Å²) in [5, 5.41) is 3.12. The Kier molecular flexibility index (Phi) is 5.61. The minimum absolute atomic E-state index is 0.00216. The van der Waals surface area contributed by atoms with Crippen LogP contribution in [0.3, 0.4) is 0 Å². The van der Waals surface area contributed by atoms with E-state index in [9.17, 15) is 4.79 Å². The van der Waals surface area contributed by atoms with Crippen molar-refractivity contribution in [2.75, 3.05) is 44.8 Å². The Hall–Kier alpha value is -1.75. The third-order valence-corrected chi connectivity index (χ3v) is 5.08. The van der Waals surface area contributed by atoms with Gasteiger partial charge in [-0.15, -0.1) is 0 Å². The lowest BCUT2D eigenvalue weighted by Gasteiger charge is -2.24. The highest BCUT2D eigenvalue weighted by Gasteiger charge is 2.21. The van der Waals surface area contributed by atoms with Crippen molar-refractivity contribution in [1.82, 2.24) is 10.2 Å². The van der Waals surface area contributed by atoms with Gasteiger partial charge in [-0.2, -0.15) is 0 Å². The van der Waals surface area contributed by atoms with E-state index in [1.807, 2.05) is 14.0 Å². The van der Waals surface area contributed by atoms with Gasteiger partial charge in [0.2, 0.25) is 0 Å². The second kappa shape index (κ2) is 7.88. The summed E-state index contributed by atoms with van der Waals surface area (Å²) in [6.07, 6.45) is 3.59. The maximum absolute atomic E-state index is 12.4. The van der Waals surface area contributed by atoms with Crippen molar-refractivity contribution in [1.29, 1.82) is 0 Å². The molecule has 2 amide bonds. The summed E-state index contributed by atoms with van der Waals surface area (Å²) < 4.78 is 5.39. The second-order valence-corrected chi connectivity index (χ2v) is 7.07. The van der Waals surface area contributed by atoms with E-state index in [-0.39, 0.29) is 12.1 Å². The molecule has 132 valence electrons. The zero-order valence-corrected chi connectivity index (χ0v) is 14.8. The number of nitrogens with zero attached hydrogens (tertiary/aromatic N) is 2. The fourth-order valence-electron chi connectivity index (χ4n) is 3.54. The molecule has 0 radical (unpaired) electrons. The maximum atomic E-state index is 12.4. The molecule has 2 heterocycles. The van der Waals surface area contributed by atoms with Gasteiger partial charge in [0.05, 0.1) is 12.6 Å². The summed E-state index contributed by atoms with van der Waals surface area (Å²) in [6, 6.07) is 8.54. The first-order valence-electron chi connectivity index (χ1n) is 9.08. The highest BCUT2D eigenvalue weighted by Crippen LogP contribution is 2.24. The van der Waals surface area contributed by atoms with Crippen molar-refractivity contribution in [2.45, 2.75) is 32.2 Å². The van der Waals surface area contributed by atoms with Crippen LogP contribution in [-0.2, 0) is 4.74 Å². The Morgan fingerprint density at radius 3 is 2.92 bits per heavy atom. The molecule has 5 heteroatoms. The number of rotatable bonds is 5. The molecule has 0 aliphatic carbocycles. The molecule has 3 rings (SSSR count). The fourth-order valence-corrected chi connectivity index (χ4v) is 3.54. The van der Waals surface area contributed by atoms with Gasteiger partial charge in [-0.1, -0.05) is 12.1 Å². The van der Waals surface area contributed by atoms with Gasteiger partial charge >= 0.3 is 6.03 Å². The van der Waals surface area contributed by atoms with Crippen molar-refractivity contribution in [3.63, 3.8) is 0 Å². The number of carbonyl (C=O) groups excluding carboxylic acids is 1. The summed E-state index contributed by atoms with van der Waals surface area (Å²) >= 11 is 0. The van der Waals surface area contributed by atoms with E-state index in [0.29, 0.717) is 5.92 Å². The van der Waals surface area contributed by atoms with Gasteiger partial charge in [-0.05, 0) is 43.9 Å². The number of nitrogens with one attached hydrogen (secondary N) is 1. The fraction of sp³-hybridized carbons (Fsp3) is 0.632. The van der Waals surface area contributed by atoms with Crippen molar-refractivity contribution in [2.24, 2.45) is 5.92 Å². The number of amides is 2. The molecule has 1 N–H and O–H groups in total. The number of urea groups is 1. The Bertz CT molecular complexity index is 551. The van der Waals surface area contributed by atoms with E-state index >= 15 is 0 Å². The van der Waals surface area contributed by atoms with E-state index in [2.05, 4.69) is 34.5 Å². The summed E-state index contributed by atoms with van der Waals surface area (Å²) in [6.45, 7) is 6.66. The predicted octanol–water partition coefficient (Wildman–Crippen LogP) is 3.03. The summed E-state index contributed by atoms with van der Waals surface area (Å²) in [5.41, 5.74) is 2.42. The quantitative estimate of drug-likeness (QED) is 0.902. The average Bonchev–Trinajstić information content (AvgIpc) is 3.28. The largest absolute Gasteiger partial charge is 0.381 e. The Morgan fingerprint density at radius 1 is 1.42 bits per heavy atom. The van der Waals surface area contributed by atoms with Crippen LogP contribution in [0.4, 0.5) is 10.5 Å². The number of anilines is 1. The number of hydrogen-bond donors (Lipinski definition) is 1. The van der Waals surface area contributed by atoms with E-state index < -0.39 is 0 Å². The topological polar surface area (TPSA) is 44.8 Å². The number of carbonyl (C=O) groups is 1. The molecule has 0 aromatic heterocycles.